The molecule has 0 radical (unpaired) electrons. The summed E-state index contributed by atoms with van der Waals surface area (Å²) in [6.45, 7) is 2.84. The summed E-state index contributed by atoms with van der Waals surface area (Å²) in [6, 6.07) is 4.06. The number of nitrogens with one attached hydrogen (secondary N) is 2. The smallest absolute Gasteiger partial charge is 0.0550 e. The fraction of sp³-hybridized carbons (Fsp3) is 0.231. The van der Waals surface area contributed by atoms with Gasteiger partial charge in [0.25, 0.3) is 0 Å². The first kappa shape index (κ1) is 11.4. The quantitative estimate of drug-likeness (QED) is 0.844. The number of aryl methyl sites for hydroxylation is 1. The zero-order chi connectivity index (χ0) is 12.1. The van der Waals surface area contributed by atoms with E-state index in [1.165, 1.54) is 11.1 Å². The molecule has 4 nitrogen and oxygen atoms in total. The Balaban J connectivity index is 2.05. The number of hydrogen-bond donors (Lipinski definition) is 2. The van der Waals surface area contributed by atoms with Gasteiger partial charge < -0.3 is 10.6 Å². The summed E-state index contributed by atoms with van der Waals surface area (Å²) in [5.74, 6) is 0. The number of aromatic nitrogens is 2. The maximum absolute atomic E-state index is 4.15. The highest BCUT2D eigenvalue weighted by Crippen LogP contribution is 2.14. The largest absolute Gasteiger partial charge is 0.387 e. The lowest BCUT2D eigenvalue weighted by Gasteiger charge is -2.09. The van der Waals surface area contributed by atoms with Gasteiger partial charge in [0.05, 0.1) is 23.8 Å². The summed E-state index contributed by atoms with van der Waals surface area (Å²) in [7, 11) is 1.88. The van der Waals surface area contributed by atoms with Crippen molar-refractivity contribution in [3.05, 3.63) is 48.0 Å². The first-order valence-corrected chi connectivity index (χ1v) is 5.56. The third-order valence-corrected chi connectivity index (χ3v) is 2.65. The Bertz CT molecular complexity index is 496. The van der Waals surface area contributed by atoms with Crippen molar-refractivity contribution in [3.63, 3.8) is 0 Å². The number of hydrogen-bond acceptors (Lipinski definition) is 4. The van der Waals surface area contributed by atoms with E-state index in [0.29, 0.717) is 0 Å². The molecule has 0 amide bonds. The number of nitrogens with zero attached hydrogens (tertiary/aromatic N) is 2. The van der Waals surface area contributed by atoms with E-state index < -0.39 is 0 Å². The van der Waals surface area contributed by atoms with Gasteiger partial charge in [-0.2, -0.15) is 0 Å². The monoisotopic (exact) mass is 228 g/mol. The van der Waals surface area contributed by atoms with Crippen LogP contribution in [0.1, 0.15) is 11.1 Å². The highest BCUT2D eigenvalue weighted by atomic mass is 14.9. The minimum Gasteiger partial charge on any atom is -0.387 e. The van der Waals surface area contributed by atoms with Gasteiger partial charge in [-0.3, -0.25) is 9.97 Å². The zero-order valence-corrected chi connectivity index (χ0v) is 10.1. The lowest BCUT2D eigenvalue weighted by Crippen LogP contribution is -2.02. The highest BCUT2D eigenvalue weighted by Gasteiger charge is 1.98. The van der Waals surface area contributed by atoms with Crippen molar-refractivity contribution >= 4 is 11.4 Å². The van der Waals surface area contributed by atoms with Gasteiger partial charge in [-0.1, -0.05) is 0 Å². The molecule has 0 aliphatic carbocycles. The van der Waals surface area contributed by atoms with Crippen molar-refractivity contribution in [2.24, 2.45) is 0 Å². The van der Waals surface area contributed by atoms with Crippen LogP contribution in [0, 0.1) is 6.92 Å². The van der Waals surface area contributed by atoms with E-state index in [0.717, 1.165) is 17.9 Å². The average molecular weight is 228 g/mol. The molecule has 2 aromatic heterocycles. The average Bonchev–Trinajstić information content (AvgIpc) is 2.38. The number of anilines is 2. The molecule has 0 spiro atoms. The van der Waals surface area contributed by atoms with Crippen molar-refractivity contribution in [1.29, 1.82) is 0 Å². The summed E-state index contributed by atoms with van der Waals surface area (Å²) in [4.78, 5) is 8.23. The Morgan fingerprint density at radius 3 is 2.71 bits per heavy atom. The van der Waals surface area contributed by atoms with Gasteiger partial charge in [0.1, 0.15) is 0 Å². The molecule has 88 valence electrons. The molecule has 0 aliphatic heterocycles. The summed E-state index contributed by atoms with van der Waals surface area (Å²) in [6.07, 6.45) is 7.30. The van der Waals surface area contributed by atoms with Crippen LogP contribution in [-0.2, 0) is 6.54 Å². The van der Waals surface area contributed by atoms with Crippen molar-refractivity contribution in [1.82, 2.24) is 9.97 Å². The van der Waals surface area contributed by atoms with Crippen LogP contribution in [0.4, 0.5) is 11.4 Å². The van der Waals surface area contributed by atoms with Crippen LogP contribution in [0.25, 0.3) is 0 Å². The lowest BCUT2D eigenvalue weighted by molar-refractivity contribution is 1.08. The summed E-state index contributed by atoms with van der Waals surface area (Å²) in [5, 5.41) is 6.41. The molecule has 0 bridgehead atoms. The maximum Gasteiger partial charge on any atom is 0.0550 e. The third-order valence-electron chi connectivity index (χ3n) is 2.65. The first-order valence-electron chi connectivity index (χ1n) is 5.56. The molecule has 0 unspecified atom stereocenters. The van der Waals surface area contributed by atoms with Gasteiger partial charge in [-0.05, 0) is 30.2 Å². The van der Waals surface area contributed by atoms with Crippen LogP contribution in [0.5, 0.6) is 0 Å². The van der Waals surface area contributed by atoms with E-state index in [-0.39, 0.29) is 0 Å². The van der Waals surface area contributed by atoms with Gasteiger partial charge in [0.15, 0.2) is 0 Å². The molecule has 2 N–H and O–H groups in total. The normalized spacial score (nSPS) is 10.0. The van der Waals surface area contributed by atoms with E-state index in [2.05, 4.69) is 27.5 Å². The second-order valence-electron chi connectivity index (χ2n) is 3.87. The third kappa shape index (κ3) is 2.93. The van der Waals surface area contributed by atoms with Crippen molar-refractivity contribution in [3.8, 4) is 0 Å². The standard InChI is InChI=1S/C13H16N4/c1-10-6-15-4-3-11(10)7-17-13-5-12(14-2)8-16-9-13/h3-6,8-9,14,17H,7H2,1-2H3. The molecular formula is C13H16N4. The van der Waals surface area contributed by atoms with E-state index in [1.807, 2.05) is 37.8 Å². The Morgan fingerprint density at radius 1 is 1.12 bits per heavy atom. The predicted molar refractivity (Wildman–Crippen MR) is 70.1 cm³/mol. The molecule has 17 heavy (non-hydrogen) atoms. The zero-order valence-electron chi connectivity index (χ0n) is 10.1. The maximum atomic E-state index is 4.15. The van der Waals surface area contributed by atoms with Crippen molar-refractivity contribution in [2.75, 3.05) is 17.7 Å². The molecule has 0 fully saturated rings. The second-order valence-corrected chi connectivity index (χ2v) is 3.87. The van der Waals surface area contributed by atoms with Crippen LogP contribution in [0.15, 0.2) is 36.9 Å². The van der Waals surface area contributed by atoms with Crippen LogP contribution < -0.4 is 10.6 Å². The summed E-state index contributed by atoms with van der Waals surface area (Å²) < 4.78 is 0. The molecule has 0 aliphatic rings. The number of pyridine rings is 2. The van der Waals surface area contributed by atoms with Crippen LogP contribution in [-0.4, -0.2) is 17.0 Å². The number of rotatable bonds is 4. The second kappa shape index (κ2) is 5.30. The fourth-order valence-electron chi connectivity index (χ4n) is 1.57. The van der Waals surface area contributed by atoms with Crippen molar-refractivity contribution < 1.29 is 0 Å². The molecule has 2 rings (SSSR count). The van der Waals surface area contributed by atoms with Crippen LogP contribution in [0.2, 0.25) is 0 Å². The first-order chi connectivity index (χ1) is 8.29. The Labute approximate surface area is 101 Å². The molecule has 2 heterocycles. The molecule has 0 aromatic carbocycles. The van der Waals surface area contributed by atoms with E-state index in [9.17, 15) is 0 Å². The van der Waals surface area contributed by atoms with Gasteiger partial charge in [-0.15, -0.1) is 0 Å². The Hall–Kier alpha value is -2.10. The molecule has 2 aromatic rings. The molecule has 0 atom stereocenters. The SMILES string of the molecule is CNc1cncc(NCc2ccncc2C)c1. The molecule has 0 saturated carbocycles. The van der Waals surface area contributed by atoms with Crippen LogP contribution >= 0.6 is 0 Å². The van der Waals surface area contributed by atoms with Gasteiger partial charge in [0, 0.05) is 26.0 Å². The summed E-state index contributed by atoms with van der Waals surface area (Å²) >= 11 is 0. The van der Waals surface area contributed by atoms with E-state index >= 15 is 0 Å². The van der Waals surface area contributed by atoms with Crippen molar-refractivity contribution in [2.45, 2.75) is 13.5 Å². The van der Waals surface area contributed by atoms with Gasteiger partial charge >= 0.3 is 0 Å². The highest BCUT2D eigenvalue weighted by molar-refractivity contribution is 5.53. The summed E-state index contributed by atoms with van der Waals surface area (Å²) in [5.41, 5.74) is 4.45. The topological polar surface area (TPSA) is 49.8 Å². The van der Waals surface area contributed by atoms with Crippen LogP contribution in [0.3, 0.4) is 0 Å². The minimum absolute atomic E-state index is 0.781. The lowest BCUT2D eigenvalue weighted by atomic mass is 10.1. The molecule has 4 heteroatoms. The van der Waals surface area contributed by atoms with Gasteiger partial charge in [0.2, 0.25) is 0 Å². The van der Waals surface area contributed by atoms with E-state index in [1.54, 1.807) is 6.20 Å². The Morgan fingerprint density at radius 2 is 1.94 bits per heavy atom. The Kier molecular flexibility index (Phi) is 3.55. The molecule has 0 saturated heterocycles. The predicted octanol–water partition coefficient (Wildman–Crippen LogP) is 2.44. The fourth-order valence-corrected chi connectivity index (χ4v) is 1.57. The minimum atomic E-state index is 0.781. The molecular weight excluding hydrogens is 212 g/mol. The van der Waals surface area contributed by atoms with E-state index in [4.69, 9.17) is 0 Å². The van der Waals surface area contributed by atoms with Gasteiger partial charge in [-0.25, -0.2) is 0 Å².